The van der Waals surface area contributed by atoms with Gasteiger partial charge in [0.1, 0.15) is 11.5 Å². The van der Waals surface area contributed by atoms with E-state index < -0.39 is 0 Å². The fourth-order valence-corrected chi connectivity index (χ4v) is 11.0. The molecule has 0 saturated heterocycles. The molecule has 2 aliphatic rings. The highest BCUT2D eigenvalue weighted by molar-refractivity contribution is 6.08. The Morgan fingerprint density at radius 2 is 1.22 bits per heavy atom. The third-order valence-corrected chi connectivity index (χ3v) is 14.1. The summed E-state index contributed by atoms with van der Waals surface area (Å²) in [6, 6.07) is 62.3. The Bertz CT molecular complexity index is 3790. The lowest BCUT2D eigenvalue weighted by atomic mass is 9.66. The van der Waals surface area contributed by atoms with E-state index in [2.05, 4.69) is 212 Å². The summed E-state index contributed by atoms with van der Waals surface area (Å²) >= 11 is 0. The number of benzene rings is 9. The summed E-state index contributed by atoms with van der Waals surface area (Å²) in [5.74, 6) is 1.27. The van der Waals surface area contributed by atoms with Crippen LogP contribution in [0, 0.1) is 0 Å². The smallest absolute Gasteiger partial charge is 0.149 e. The predicted octanol–water partition coefficient (Wildman–Crippen LogP) is 15.5. The van der Waals surface area contributed by atoms with Gasteiger partial charge in [0.2, 0.25) is 0 Å². The first-order chi connectivity index (χ1) is 31.0. The fraction of sp³-hybridized carbons (Fsp3) is 0.100. The Morgan fingerprint density at radius 3 is 2.05 bits per heavy atom. The van der Waals surface area contributed by atoms with E-state index in [0.717, 1.165) is 57.4 Å². The normalized spacial score (nSPS) is 17.0. The maximum absolute atomic E-state index is 5.42. The van der Waals surface area contributed by atoms with Crippen molar-refractivity contribution in [1.82, 2.24) is 14.4 Å². The zero-order valence-corrected chi connectivity index (χ0v) is 35.3. The van der Waals surface area contributed by atoms with Crippen molar-refractivity contribution in [3.05, 3.63) is 210 Å². The van der Waals surface area contributed by atoms with E-state index in [4.69, 9.17) is 9.97 Å². The van der Waals surface area contributed by atoms with Crippen molar-refractivity contribution < 1.29 is 0 Å². The molecule has 0 bridgehead atoms. The summed E-state index contributed by atoms with van der Waals surface area (Å²) in [5.41, 5.74) is 16.6. The quantitative estimate of drug-likeness (QED) is 0.177. The molecule has 63 heavy (non-hydrogen) atoms. The Balaban J connectivity index is 1.07. The van der Waals surface area contributed by atoms with Crippen LogP contribution in [0.2, 0.25) is 0 Å². The van der Waals surface area contributed by atoms with Crippen LogP contribution in [0.3, 0.4) is 0 Å². The number of aromatic nitrogens is 3. The fourth-order valence-electron chi connectivity index (χ4n) is 11.0. The van der Waals surface area contributed by atoms with Gasteiger partial charge in [-0.15, -0.1) is 0 Å². The minimum atomic E-state index is -0.189. The number of imidazole rings is 1. The molecule has 2 unspecified atom stereocenters. The maximum atomic E-state index is 5.42. The second-order valence-corrected chi connectivity index (χ2v) is 18.1. The van der Waals surface area contributed by atoms with Crippen LogP contribution in [0.1, 0.15) is 54.0 Å². The highest BCUT2D eigenvalue weighted by atomic mass is 15.1. The topological polar surface area (TPSA) is 30.2 Å². The molecule has 11 aromatic rings. The van der Waals surface area contributed by atoms with Gasteiger partial charge in [-0.25, -0.2) is 9.97 Å². The summed E-state index contributed by atoms with van der Waals surface area (Å²) in [4.78, 5) is 10.7. The van der Waals surface area contributed by atoms with Crippen LogP contribution in [-0.2, 0) is 11.8 Å². The van der Waals surface area contributed by atoms with E-state index in [0.29, 0.717) is 5.92 Å². The van der Waals surface area contributed by atoms with Crippen LogP contribution in [-0.4, -0.2) is 14.4 Å². The SMILES string of the molecule is CC1CC=Cc2c1c(C1(C)C=Cc3ccccc3C1)c1ccc(-c3ccc4nc(-c5ccc6ccccc6c5)n5c6ccccc6nc5c4c3)cc1c2-c1ccc2ccccc2c1. The van der Waals surface area contributed by atoms with Gasteiger partial charge in [-0.05, 0) is 144 Å². The minimum absolute atomic E-state index is 0.189. The van der Waals surface area contributed by atoms with Crippen LogP contribution >= 0.6 is 0 Å². The summed E-state index contributed by atoms with van der Waals surface area (Å²) in [6.45, 7) is 4.89. The lowest BCUT2D eigenvalue weighted by Gasteiger charge is -2.38. The Morgan fingerprint density at radius 1 is 0.556 bits per heavy atom. The average molecular weight is 806 g/mol. The summed E-state index contributed by atoms with van der Waals surface area (Å²) in [7, 11) is 0. The number of hydrogen-bond donors (Lipinski definition) is 0. The first-order valence-electron chi connectivity index (χ1n) is 22.2. The van der Waals surface area contributed by atoms with Crippen molar-refractivity contribution in [3.8, 4) is 33.6 Å². The van der Waals surface area contributed by atoms with Gasteiger partial charge in [-0.2, -0.15) is 0 Å². The van der Waals surface area contributed by atoms with Gasteiger partial charge in [0.05, 0.1) is 16.6 Å². The van der Waals surface area contributed by atoms with Gasteiger partial charge >= 0.3 is 0 Å². The molecule has 0 saturated carbocycles. The molecule has 0 aliphatic heterocycles. The maximum Gasteiger partial charge on any atom is 0.149 e. The molecule has 3 nitrogen and oxygen atoms in total. The molecule has 298 valence electrons. The summed E-state index contributed by atoms with van der Waals surface area (Å²) in [6.07, 6.45) is 11.7. The number of rotatable bonds is 4. The molecule has 9 aromatic carbocycles. The molecule has 2 atom stereocenters. The van der Waals surface area contributed by atoms with Gasteiger partial charge in [-0.3, -0.25) is 4.40 Å². The lowest BCUT2D eigenvalue weighted by Crippen LogP contribution is -2.28. The van der Waals surface area contributed by atoms with Gasteiger partial charge in [0.25, 0.3) is 0 Å². The molecular formula is C60H43N3. The summed E-state index contributed by atoms with van der Waals surface area (Å²) < 4.78 is 2.26. The zero-order chi connectivity index (χ0) is 41.8. The van der Waals surface area contributed by atoms with Crippen LogP contribution < -0.4 is 0 Å². The van der Waals surface area contributed by atoms with Crippen molar-refractivity contribution in [1.29, 1.82) is 0 Å². The van der Waals surface area contributed by atoms with Crippen LogP contribution in [0.4, 0.5) is 0 Å². The number of para-hydroxylation sites is 2. The predicted molar refractivity (Wildman–Crippen MR) is 265 cm³/mol. The second-order valence-electron chi connectivity index (χ2n) is 18.1. The van der Waals surface area contributed by atoms with E-state index in [1.807, 2.05) is 0 Å². The lowest BCUT2D eigenvalue weighted by molar-refractivity contribution is 0.576. The molecular weight excluding hydrogens is 763 g/mol. The molecule has 0 spiro atoms. The van der Waals surface area contributed by atoms with E-state index in [1.165, 1.54) is 76.8 Å². The Hall–Kier alpha value is -7.62. The molecule has 13 rings (SSSR count). The highest BCUT2D eigenvalue weighted by Gasteiger charge is 2.36. The standard InChI is InChI=1S/C60H43N3/c1-37-12-11-19-49-55(37)57(60(2)31-30-40-15-5-8-18-47(40)36-60)48-28-26-43(34-50(48)56(49)45-24-22-38-13-3-6-16-41(38)32-45)44-27-29-52-51(35-44)59-62-53-20-9-10-21-54(53)63(59)58(61-52)46-25-23-39-14-4-7-17-42(39)33-46/h3-11,13-35,37H,12,36H2,1-2H3. The van der Waals surface area contributed by atoms with Crippen molar-refractivity contribution >= 4 is 72.1 Å². The molecule has 2 aliphatic carbocycles. The molecule has 0 radical (unpaired) electrons. The molecule has 3 heteroatoms. The van der Waals surface area contributed by atoms with Crippen molar-refractivity contribution in [3.63, 3.8) is 0 Å². The third-order valence-electron chi connectivity index (χ3n) is 14.1. The van der Waals surface area contributed by atoms with E-state index >= 15 is 0 Å². The van der Waals surface area contributed by atoms with Crippen molar-refractivity contribution in [2.24, 2.45) is 0 Å². The van der Waals surface area contributed by atoms with Gasteiger partial charge in [0, 0.05) is 16.4 Å². The molecule has 2 heterocycles. The van der Waals surface area contributed by atoms with Gasteiger partial charge < -0.3 is 0 Å². The van der Waals surface area contributed by atoms with Crippen LogP contribution in [0.15, 0.2) is 182 Å². The molecule has 0 fully saturated rings. The van der Waals surface area contributed by atoms with E-state index in [-0.39, 0.29) is 5.41 Å². The summed E-state index contributed by atoms with van der Waals surface area (Å²) in [5, 5.41) is 8.56. The highest BCUT2D eigenvalue weighted by Crippen LogP contribution is 2.51. The van der Waals surface area contributed by atoms with Crippen LogP contribution in [0.5, 0.6) is 0 Å². The Kier molecular flexibility index (Phi) is 7.84. The van der Waals surface area contributed by atoms with E-state index in [9.17, 15) is 0 Å². The molecule has 0 N–H and O–H groups in total. The number of hydrogen-bond acceptors (Lipinski definition) is 2. The minimum Gasteiger partial charge on any atom is -0.276 e. The third kappa shape index (κ3) is 5.59. The second kappa shape index (κ2) is 13.7. The number of nitrogens with zero attached hydrogens (tertiary/aromatic N) is 3. The number of allylic oxidation sites excluding steroid dienone is 2. The van der Waals surface area contributed by atoms with Crippen LogP contribution in [0.25, 0.3) is 106 Å². The molecule has 2 aromatic heterocycles. The van der Waals surface area contributed by atoms with E-state index in [1.54, 1.807) is 0 Å². The monoisotopic (exact) mass is 805 g/mol. The van der Waals surface area contributed by atoms with Crippen molar-refractivity contribution in [2.45, 2.75) is 38.0 Å². The average Bonchev–Trinajstić information content (AvgIpc) is 3.73. The zero-order valence-electron chi connectivity index (χ0n) is 35.3. The van der Waals surface area contributed by atoms with Gasteiger partial charge in [-0.1, -0.05) is 166 Å². The first kappa shape index (κ1) is 36.1. The van der Waals surface area contributed by atoms with Crippen molar-refractivity contribution in [2.75, 3.05) is 0 Å². The Labute approximate surface area is 366 Å². The first-order valence-corrected chi connectivity index (χ1v) is 22.2. The largest absolute Gasteiger partial charge is 0.276 e. The van der Waals surface area contributed by atoms with Gasteiger partial charge in [0.15, 0.2) is 0 Å². The molecule has 0 amide bonds. The number of fused-ring (bicyclic) bond motifs is 10.